The maximum atomic E-state index is 13.3. The molecule has 0 aromatic rings. The second kappa shape index (κ2) is 42.7. The van der Waals surface area contributed by atoms with Crippen molar-refractivity contribution in [2.45, 2.75) is 301 Å². The molecule has 11 heteroatoms. The van der Waals surface area contributed by atoms with Crippen molar-refractivity contribution in [2.75, 3.05) is 13.2 Å². The fourth-order valence-electron chi connectivity index (χ4n) is 8.59. The first kappa shape index (κ1) is 60.4. The summed E-state index contributed by atoms with van der Waals surface area (Å²) in [4.78, 5) is 26.3. The zero-order valence-electron chi connectivity index (χ0n) is 41.4. The molecule has 8 atom stereocenters. The van der Waals surface area contributed by atoms with Gasteiger partial charge in [0.15, 0.2) is 12.4 Å². The number of hydrogen-bond acceptors (Lipinski definition) is 10. The third-order valence-electron chi connectivity index (χ3n) is 12.9. The number of carbonyl (C=O) groups excluding carboxylic acids is 2. The molecule has 64 heavy (non-hydrogen) atoms. The van der Waals surface area contributed by atoms with Crippen LogP contribution in [-0.4, -0.2) is 99.6 Å². The van der Waals surface area contributed by atoms with Crippen LogP contribution in [-0.2, 0) is 23.8 Å². The van der Waals surface area contributed by atoms with Crippen molar-refractivity contribution in [2.24, 2.45) is 0 Å². The lowest BCUT2D eigenvalue weighted by Crippen LogP contribution is -2.61. The number of esters is 1. The van der Waals surface area contributed by atoms with E-state index in [-0.39, 0.29) is 13.0 Å². The van der Waals surface area contributed by atoms with Gasteiger partial charge in [-0.3, -0.25) is 9.59 Å². The van der Waals surface area contributed by atoms with E-state index in [4.69, 9.17) is 14.2 Å². The summed E-state index contributed by atoms with van der Waals surface area (Å²) in [6.07, 6.45) is 34.1. The number of hydrogen-bond donors (Lipinski definition) is 6. The van der Waals surface area contributed by atoms with E-state index in [9.17, 15) is 35.1 Å². The summed E-state index contributed by atoms with van der Waals surface area (Å²) in [5, 5.41) is 56.6. The lowest BCUT2D eigenvalue weighted by atomic mass is 9.99. The molecule has 378 valence electrons. The molecule has 1 heterocycles. The van der Waals surface area contributed by atoms with E-state index in [2.05, 4.69) is 26.1 Å². The standard InChI is InChI=1S/C53H101NO10/c1-4-7-10-13-16-19-22-24-26-29-32-35-38-41-48(58)64-51-50(60)49(59)47(42-55)63-53(51)62-43-44(45(56)39-36-33-30-28-25-23-20-17-14-11-8-5-2)54-52(61)46(57)40-37-34-31-27-21-18-15-12-9-6-3/h36,39,44-47,49-51,53,55-57,59-60H,4-35,37-38,40-43H2,1-3H3,(H,54,61)/b39-36+. The molecular weight excluding hydrogens is 811 g/mol. The first-order valence-corrected chi connectivity index (χ1v) is 27.0. The second-order valence-corrected chi connectivity index (χ2v) is 19.0. The average Bonchev–Trinajstić information content (AvgIpc) is 3.29. The largest absolute Gasteiger partial charge is 0.454 e. The zero-order chi connectivity index (χ0) is 46.9. The zero-order valence-corrected chi connectivity index (χ0v) is 41.4. The van der Waals surface area contributed by atoms with E-state index in [1.165, 1.54) is 148 Å². The highest BCUT2D eigenvalue weighted by Gasteiger charge is 2.47. The quantitative estimate of drug-likeness (QED) is 0.0196. The summed E-state index contributed by atoms with van der Waals surface area (Å²) < 4.78 is 17.5. The maximum absolute atomic E-state index is 13.3. The Kier molecular flexibility index (Phi) is 40.3. The molecule has 1 fully saturated rings. The first-order chi connectivity index (χ1) is 31.2. The smallest absolute Gasteiger partial charge is 0.306 e. The fraction of sp³-hybridized carbons (Fsp3) is 0.925. The monoisotopic (exact) mass is 912 g/mol. The summed E-state index contributed by atoms with van der Waals surface area (Å²) in [6.45, 7) is 5.76. The van der Waals surface area contributed by atoms with Crippen LogP contribution >= 0.6 is 0 Å². The van der Waals surface area contributed by atoms with E-state index >= 15 is 0 Å². The highest BCUT2D eigenvalue weighted by Crippen LogP contribution is 2.26. The molecule has 1 saturated heterocycles. The molecule has 11 nitrogen and oxygen atoms in total. The van der Waals surface area contributed by atoms with Gasteiger partial charge in [-0.2, -0.15) is 0 Å². The van der Waals surface area contributed by atoms with Gasteiger partial charge in [-0.25, -0.2) is 0 Å². The van der Waals surface area contributed by atoms with Crippen molar-refractivity contribution in [3.63, 3.8) is 0 Å². The summed E-state index contributed by atoms with van der Waals surface area (Å²) >= 11 is 0. The Bertz CT molecular complexity index is 1090. The average molecular weight is 912 g/mol. The Labute approximate surface area is 391 Å². The predicted molar refractivity (Wildman–Crippen MR) is 260 cm³/mol. The number of allylic oxidation sites excluding steroid dienone is 1. The Hall–Kier alpha value is -1.60. The topological polar surface area (TPSA) is 175 Å². The number of rotatable bonds is 45. The van der Waals surface area contributed by atoms with Crippen molar-refractivity contribution >= 4 is 11.9 Å². The SMILES string of the molecule is CCCCCCCCCCCC/C=C/C(O)C(COC1OC(CO)C(O)C(O)C1OC(=O)CCCCCCCCCCCCCCC)NC(=O)C(O)CCCCCCCCCCCC. The molecule has 0 aromatic heterocycles. The van der Waals surface area contributed by atoms with Crippen LogP contribution in [0, 0.1) is 0 Å². The van der Waals surface area contributed by atoms with E-state index in [0.717, 1.165) is 57.8 Å². The Morgan fingerprint density at radius 1 is 0.594 bits per heavy atom. The van der Waals surface area contributed by atoms with Crippen molar-refractivity contribution in [1.29, 1.82) is 0 Å². The minimum Gasteiger partial charge on any atom is -0.454 e. The van der Waals surface area contributed by atoms with Crippen LogP contribution in [0.4, 0.5) is 0 Å². The molecule has 8 unspecified atom stereocenters. The fourth-order valence-corrected chi connectivity index (χ4v) is 8.59. The van der Waals surface area contributed by atoms with Gasteiger partial charge in [0.25, 0.3) is 0 Å². The maximum Gasteiger partial charge on any atom is 0.306 e. The number of amides is 1. The number of aliphatic hydroxyl groups excluding tert-OH is 5. The van der Waals surface area contributed by atoms with E-state index in [1.807, 2.05) is 6.08 Å². The molecule has 6 N–H and O–H groups in total. The van der Waals surface area contributed by atoms with Crippen LogP contribution in [0.5, 0.6) is 0 Å². The Morgan fingerprint density at radius 2 is 1.02 bits per heavy atom. The highest BCUT2D eigenvalue weighted by molar-refractivity contribution is 5.80. The number of aliphatic hydroxyl groups is 5. The molecule has 0 spiro atoms. The van der Waals surface area contributed by atoms with Crippen LogP contribution in [0.15, 0.2) is 12.2 Å². The number of ether oxygens (including phenoxy) is 3. The van der Waals surface area contributed by atoms with Crippen LogP contribution in [0.2, 0.25) is 0 Å². The Morgan fingerprint density at radius 3 is 1.47 bits per heavy atom. The summed E-state index contributed by atoms with van der Waals surface area (Å²) in [5.74, 6) is -1.19. The van der Waals surface area contributed by atoms with Gasteiger partial charge in [0, 0.05) is 6.42 Å². The van der Waals surface area contributed by atoms with Crippen LogP contribution in [0.3, 0.4) is 0 Å². The molecule has 0 bridgehead atoms. The van der Waals surface area contributed by atoms with Crippen LogP contribution in [0.25, 0.3) is 0 Å². The third kappa shape index (κ3) is 31.4. The molecule has 1 amide bonds. The van der Waals surface area contributed by atoms with E-state index < -0.39 is 67.4 Å². The second-order valence-electron chi connectivity index (χ2n) is 19.0. The molecule has 0 aromatic carbocycles. The molecule has 1 aliphatic rings. The van der Waals surface area contributed by atoms with Gasteiger partial charge in [0.1, 0.15) is 24.4 Å². The first-order valence-electron chi connectivity index (χ1n) is 27.0. The van der Waals surface area contributed by atoms with Gasteiger partial charge >= 0.3 is 5.97 Å². The van der Waals surface area contributed by atoms with Crippen LogP contribution < -0.4 is 5.32 Å². The van der Waals surface area contributed by atoms with Crippen molar-refractivity contribution in [3.05, 3.63) is 12.2 Å². The van der Waals surface area contributed by atoms with Gasteiger partial charge in [0.05, 0.1) is 25.4 Å². The molecule has 1 aliphatic heterocycles. The van der Waals surface area contributed by atoms with Crippen molar-refractivity contribution in [3.8, 4) is 0 Å². The Balaban J connectivity index is 2.76. The van der Waals surface area contributed by atoms with Gasteiger partial charge in [-0.1, -0.05) is 232 Å². The molecule has 0 radical (unpaired) electrons. The minimum atomic E-state index is -1.60. The van der Waals surface area contributed by atoms with Gasteiger partial charge < -0.3 is 45.1 Å². The predicted octanol–water partition coefficient (Wildman–Crippen LogP) is 11.2. The summed E-state index contributed by atoms with van der Waals surface area (Å²) in [5.41, 5.74) is 0. The number of nitrogens with one attached hydrogen (secondary N) is 1. The molecule has 1 rings (SSSR count). The van der Waals surface area contributed by atoms with Crippen LogP contribution in [0.1, 0.15) is 252 Å². The van der Waals surface area contributed by atoms with E-state index in [0.29, 0.717) is 19.3 Å². The third-order valence-corrected chi connectivity index (χ3v) is 12.9. The molecule has 0 aliphatic carbocycles. The van der Waals surface area contributed by atoms with Gasteiger partial charge in [-0.05, 0) is 25.7 Å². The summed E-state index contributed by atoms with van der Waals surface area (Å²) in [7, 11) is 0. The summed E-state index contributed by atoms with van der Waals surface area (Å²) in [6, 6.07) is -1.01. The molecule has 0 saturated carbocycles. The van der Waals surface area contributed by atoms with Gasteiger partial charge in [-0.15, -0.1) is 0 Å². The highest BCUT2D eigenvalue weighted by atomic mass is 16.7. The number of carbonyl (C=O) groups is 2. The normalized spacial score (nSPS) is 20.4. The number of unbranched alkanes of at least 4 members (excludes halogenated alkanes) is 31. The minimum absolute atomic E-state index is 0.130. The lowest BCUT2D eigenvalue weighted by molar-refractivity contribution is -0.305. The van der Waals surface area contributed by atoms with Crippen molar-refractivity contribution < 1.29 is 49.3 Å². The van der Waals surface area contributed by atoms with Gasteiger partial charge in [0.2, 0.25) is 5.91 Å². The van der Waals surface area contributed by atoms with E-state index in [1.54, 1.807) is 6.08 Å². The lowest BCUT2D eigenvalue weighted by Gasteiger charge is -2.41. The molecular formula is C53H101NO10. The van der Waals surface area contributed by atoms with Crippen molar-refractivity contribution in [1.82, 2.24) is 5.32 Å².